The molecule has 0 N–H and O–H groups in total. The first kappa shape index (κ1) is 37.7. The Morgan fingerprint density at radius 2 is 1.41 bits per heavy atom. The molecule has 0 aromatic heterocycles. The molecule has 0 saturated carbocycles. The molecule has 1 heterocycles. The number of para-hydroxylation sites is 1. The first-order valence-electron chi connectivity index (χ1n) is 13.1. The minimum absolute atomic E-state index is 0. The molecule has 46 heavy (non-hydrogen) atoms. The van der Waals surface area contributed by atoms with E-state index < -0.39 is 63.4 Å². The van der Waals surface area contributed by atoms with Crippen LogP contribution in [0.4, 0.5) is 37.7 Å². The standard InChI is InChI=1S/C31H22Cl2F6N2OS2.Pr.Ru/c1-15-6-4-5-7-24(15)42-30(44-28-19(33)9-8-18(32)27(28)43)29-40(25-20(36)10-16(34)11-21(25)37)14-31(2,3)41(29)26-22(38)12-17(35)13-23(26)39;;/h1,4-13,29-30,43H,14H2,2-3H3;;/q;;+1/p-1/t29-,30+;;/m0../s1. The average molecular weight is 929 g/mol. The fraction of sp³-hybridized carbons (Fsp3) is 0.194. The monoisotopic (exact) mass is 928 g/mol. The van der Waals surface area contributed by atoms with Crippen molar-refractivity contribution in [3.63, 3.8) is 0 Å². The maximum Gasteiger partial charge on any atom is 0 e. The summed E-state index contributed by atoms with van der Waals surface area (Å²) in [5.41, 5.74) is -3.35. The SMILES string of the molecule is CC1(C)CN(c2c(F)cc(F)cc2F)[C@H]([C@H](Oc2ccccc2[CH]=[Ru+])Sc2c(Cl)ccc(Cl)c2[S-])N1c1c(F)cc(F)cc1F.[Pr]. The van der Waals surface area contributed by atoms with Crippen molar-refractivity contribution in [2.75, 3.05) is 16.3 Å². The maximum atomic E-state index is 15.6. The topological polar surface area (TPSA) is 15.7 Å². The maximum absolute atomic E-state index is 15.6. The molecular formula is C31H21Cl2F6N2OPrRuS2. The number of hydrogen-bond donors (Lipinski definition) is 0. The van der Waals surface area contributed by atoms with Crippen LogP contribution in [0.3, 0.4) is 0 Å². The normalized spacial score (nSPS) is 16.3. The van der Waals surface area contributed by atoms with E-state index in [0.29, 0.717) is 35.6 Å². The van der Waals surface area contributed by atoms with Gasteiger partial charge >= 0.3 is 287 Å². The minimum atomic E-state index is -1.45. The van der Waals surface area contributed by atoms with E-state index in [1.54, 1.807) is 42.7 Å². The second-order valence-electron chi connectivity index (χ2n) is 10.6. The molecule has 1 aliphatic rings. The van der Waals surface area contributed by atoms with E-state index in [1.807, 2.05) is 0 Å². The van der Waals surface area contributed by atoms with Crippen molar-refractivity contribution in [3.05, 3.63) is 111 Å². The number of anilines is 2. The molecule has 0 bridgehead atoms. The Balaban J connectivity index is 0.00000480. The fourth-order valence-electron chi connectivity index (χ4n) is 5.26. The summed E-state index contributed by atoms with van der Waals surface area (Å²) in [6.07, 6.45) is -1.45. The number of nitrogens with zero attached hydrogens (tertiary/aromatic N) is 2. The number of benzene rings is 4. The third-order valence-corrected chi connectivity index (χ3v) is 10.2. The number of ether oxygens (including phenoxy) is 1. The summed E-state index contributed by atoms with van der Waals surface area (Å²) in [5.74, 6) is -7.08. The van der Waals surface area contributed by atoms with E-state index in [0.717, 1.165) is 11.8 Å². The van der Waals surface area contributed by atoms with Crippen LogP contribution in [0, 0.1) is 76.2 Å². The van der Waals surface area contributed by atoms with Crippen LogP contribution in [0.25, 0.3) is 0 Å². The van der Waals surface area contributed by atoms with Crippen LogP contribution in [-0.2, 0) is 30.5 Å². The van der Waals surface area contributed by atoms with Gasteiger partial charge in [0.1, 0.15) is 0 Å². The van der Waals surface area contributed by atoms with Crippen LogP contribution in [0.1, 0.15) is 19.4 Å². The number of rotatable bonds is 8. The molecule has 5 rings (SSSR count). The Morgan fingerprint density at radius 1 is 0.891 bits per heavy atom. The van der Waals surface area contributed by atoms with Crippen molar-refractivity contribution in [1.82, 2.24) is 0 Å². The number of halogens is 8. The zero-order valence-electron chi connectivity index (χ0n) is 23.8. The van der Waals surface area contributed by atoms with Crippen molar-refractivity contribution >= 4 is 63.6 Å². The van der Waals surface area contributed by atoms with Crippen LogP contribution in [-0.4, -0.2) is 28.3 Å². The first-order chi connectivity index (χ1) is 21.2. The third kappa shape index (κ3) is 7.53. The molecule has 3 nitrogen and oxygen atoms in total. The molecule has 1 saturated heterocycles. The van der Waals surface area contributed by atoms with Gasteiger partial charge in [0.2, 0.25) is 0 Å². The summed E-state index contributed by atoms with van der Waals surface area (Å²) in [4.78, 5) is 2.82. The Kier molecular flexibility index (Phi) is 12.4. The molecule has 0 spiro atoms. The third-order valence-electron chi connectivity index (χ3n) is 7.05. The molecule has 4 aromatic rings. The average Bonchev–Trinajstić information content (AvgIpc) is 3.21. The summed E-state index contributed by atoms with van der Waals surface area (Å²) >= 11 is 21.7. The predicted molar refractivity (Wildman–Crippen MR) is 164 cm³/mol. The Bertz CT molecular complexity index is 1760. The van der Waals surface area contributed by atoms with Crippen LogP contribution < -0.4 is 14.5 Å². The summed E-state index contributed by atoms with van der Waals surface area (Å²) < 4.78 is 98.5. The quantitative estimate of drug-likeness (QED) is 0.0575. The van der Waals surface area contributed by atoms with Gasteiger partial charge in [0, 0.05) is 41.3 Å². The molecule has 1 aliphatic heterocycles. The fourth-order valence-corrected chi connectivity index (χ4v) is 7.73. The van der Waals surface area contributed by atoms with Gasteiger partial charge in [-0.25, -0.2) is 0 Å². The Hall–Kier alpha value is -1.13. The van der Waals surface area contributed by atoms with E-state index >= 15 is 17.6 Å². The number of thioether (sulfide) groups is 1. The van der Waals surface area contributed by atoms with Gasteiger partial charge in [-0.3, -0.25) is 0 Å². The molecule has 0 aliphatic carbocycles. The van der Waals surface area contributed by atoms with Gasteiger partial charge in [-0.15, -0.1) is 0 Å². The second kappa shape index (κ2) is 15.2. The van der Waals surface area contributed by atoms with Gasteiger partial charge in [-0.2, -0.15) is 0 Å². The molecule has 240 valence electrons. The molecule has 1 fully saturated rings. The first-order valence-corrected chi connectivity index (χ1v) is 16.1. The van der Waals surface area contributed by atoms with Gasteiger partial charge in [0.25, 0.3) is 0 Å². The molecule has 0 unspecified atom stereocenters. The summed E-state index contributed by atoms with van der Waals surface area (Å²) in [7, 11) is 0. The minimum Gasteiger partial charge on any atom is 0 e. The molecule has 1 radical (unpaired) electrons. The van der Waals surface area contributed by atoms with E-state index in [-0.39, 0.29) is 67.7 Å². The smallest absolute Gasteiger partial charge is 0 e. The van der Waals surface area contributed by atoms with E-state index in [4.69, 9.17) is 40.6 Å². The summed E-state index contributed by atoms with van der Waals surface area (Å²) in [6, 6.07) is 11.8. The van der Waals surface area contributed by atoms with E-state index in [2.05, 4.69) is 17.9 Å². The van der Waals surface area contributed by atoms with Gasteiger partial charge in [0.15, 0.2) is 0 Å². The Morgan fingerprint density at radius 3 is 1.98 bits per heavy atom. The van der Waals surface area contributed by atoms with Gasteiger partial charge in [-0.05, 0) is 0 Å². The zero-order chi connectivity index (χ0) is 32.8. The molecule has 2 atom stereocenters. The Labute approximate surface area is 324 Å². The van der Waals surface area contributed by atoms with Gasteiger partial charge in [-0.1, -0.05) is 0 Å². The van der Waals surface area contributed by atoms with E-state index in [1.165, 1.54) is 21.9 Å². The van der Waals surface area contributed by atoms with Crippen LogP contribution in [0.5, 0.6) is 5.75 Å². The number of hydrogen-bond acceptors (Lipinski definition) is 5. The molecular weight excluding hydrogens is 907 g/mol. The van der Waals surface area contributed by atoms with Crippen LogP contribution in [0.15, 0.2) is 70.5 Å². The van der Waals surface area contributed by atoms with Crippen molar-refractivity contribution in [3.8, 4) is 5.75 Å². The molecule has 4 aromatic carbocycles. The van der Waals surface area contributed by atoms with Crippen molar-refractivity contribution in [2.45, 2.75) is 40.8 Å². The van der Waals surface area contributed by atoms with Crippen LogP contribution >= 0.6 is 35.0 Å². The van der Waals surface area contributed by atoms with Crippen molar-refractivity contribution in [1.29, 1.82) is 0 Å². The second-order valence-corrected chi connectivity index (χ2v) is 13.4. The molecule has 0 amide bonds. The van der Waals surface area contributed by atoms with Crippen molar-refractivity contribution < 1.29 is 90.2 Å². The van der Waals surface area contributed by atoms with Crippen molar-refractivity contribution in [2.24, 2.45) is 0 Å². The van der Waals surface area contributed by atoms with Gasteiger partial charge in [0.05, 0.1) is 0 Å². The molecule has 15 heteroatoms. The summed E-state index contributed by atoms with van der Waals surface area (Å²) in [6.45, 7) is 2.92. The zero-order valence-corrected chi connectivity index (χ0v) is 32.4. The van der Waals surface area contributed by atoms with Gasteiger partial charge < -0.3 is 0 Å². The summed E-state index contributed by atoms with van der Waals surface area (Å²) in [5, 5.41) is 0.352. The van der Waals surface area contributed by atoms with Crippen LogP contribution in [0.2, 0.25) is 10.0 Å². The predicted octanol–water partition coefficient (Wildman–Crippen LogP) is 9.06. The van der Waals surface area contributed by atoms with E-state index in [9.17, 15) is 8.78 Å². The largest absolute Gasteiger partial charge is 0 e.